The zero-order chi connectivity index (χ0) is 16.0. The van der Waals surface area contributed by atoms with Gasteiger partial charge < -0.3 is 20.1 Å². The third-order valence-electron chi connectivity index (χ3n) is 2.68. The number of amides is 1. The fourth-order valence-electron chi connectivity index (χ4n) is 1.64. The first-order chi connectivity index (χ1) is 9.86. The Labute approximate surface area is 126 Å². The molecule has 118 valence electrons. The number of hydrogen-bond donors (Lipinski definition) is 2. The molecular formula is C12H19N3O5S. The molecule has 0 saturated heterocycles. The van der Waals surface area contributed by atoms with Crippen molar-refractivity contribution in [3.63, 3.8) is 0 Å². The number of methoxy groups -OCH3 is 1. The number of nitrogens with one attached hydrogen (secondary N) is 1. The van der Waals surface area contributed by atoms with E-state index in [-0.39, 0.29) is 18.1 Å². The van der Waals surface area contributed by atoms with Crippen LogP contribution >= 0.6 is 11.3 Å². The molecule has 1 atom stereocenters. The van der Waals surface area contributed by atoms with E-state index in [9.17, 15) is 20.0 Å². The minimum atomic E-state index is -0.786. The average molecular weight is 317 g/mol. The topological polar surface area (TPSA) is 105 Å². The van der Waals surface area contributed by atoms with Crippen molar-refractivity contribution in [3.05, 3.63) is 21.1 Å². The van der Waals surface area contributed by atoms with E-state index in [0.717, 1.165) is 11.3 Å². The molecule has 9 heteroatoms. The Morgan fingerprint density at radius 1 is 1.67 bits per heavy atom. The zero-order valence-corrected chi connectivity index (χ0v) is 13.0. The summed E-state index contributed by atoms with van der Waals surface area (Å²) < 4.78 is 4.82. The molecule has 1 aromatic heterocycles. The zero-order valence-electron chi connectivity index (χ0n) is 12.2. The lowest BCUT2D eigenvalue weighted by Crippen LogP contribution is -2.36. The van der Waals surface area contributed by atoms with Crippen molar-refractivity contribution in [3.8, 4) is 0 Å². The van der Waals surface area contributed by atoms with Crippen LogP contribution in [0.25, 0.3) is 0 Å². The van der Waals surface area contributed by atoms with Gasteiger partial charge in [-0.2, -0.15) is 0 Å². The van der Waals surface area contributed by atoms with Gasteiger partial charge in [-0.1, -0.05) is 0 Å². The monoisotopic (exact) mass is 317 g/mol. The predicted octanol–water partition coefficient (Wildman–Crippen LogP) is 0.908. The molecule has 0 saturated carbocycles. The number of aliphatic hydroxyl groups is 1. The van der Waals surface area contributed by atoms with Gasteiger partial charge in [0.25, 0.3) is 0 Å². The Kier molecular flexibility index (Phi) is 6.53. The number of rotatable bonds is 8. The van der Waals surface area contributed by atoms with Gasteiger partial charge >= 0.3 is 5.69 Å². The van der Waals surface area contributed by atoms with Gasteiger partial charge in [-0.25, -0.2) is 0 Å². The second kappa shape index (κ2) is 7.91. The number of carbonyl (C=O) groups excluding carboxylic acids is 1. The van der Waals surface area contributed by atoms with Crippen molar-refractivity contribution in [2.45, 2.75) is 13.0 Å². The van der Waals surface area contributed by atoms with Crippen LogP contribution in [-0.4, -0.2) is 49.8 Å². The highest BCUT2D eigenvalue weighted by atomic mass is 32.1. The number of nitro groups is 1. The number of hydrogen-bond acceptors (Lipinski definition) is 7. The molecule has 0 bridgehead atoms. The summed E-state index contributed by atoms with van der Waals surface area (Å²) in [5.74, 6) is -0.254. The first-order valence-electron chi connectivity index (χ1n) is 6.29. The number of aliphatic hydroxyl groups excluding tert-OH is 1. The summed E-state index contributed by atoms with van der Waals surface area (Å²) in [7, 11) is 3.13. The Balaban J connectivity index is 2.79. The first-order valence-corrected chi connectivity index (χ1v) is 7.11. The highest BCUT2D eigenvalue weighted by Gasteiger charge is 2.24. The van der Waals surface area contributed by atoms with Gasteiger partial charge in [-0.15, -0.1) is 11.3 Å². The van der Waals surface area contributed by atoms with Gasteiger partial charge in [0.1, 0.15) is 0 Å². The average Bonchev–Trinajstić information content (AvgIpc) is 2.84. The molecule has 2 N–H and O–H groups in total. The van der Waals surface area contributed by atoms with Gasteiger partial charge in [0, 0.05) is 31.6 Å². The largest absolute Gasteiger partial charge is 0.388 e. The summed E-state index contributed by atoms with van der Waals surface area (Å²) in [6.07, 6.45) is -0.786. The van der Waals surface area contributed by atoms with Crippen molar-refractivity contribution >= 4 is 27.9 Å². The molecule has 1 amide bonds. The first kappa shape index (κ1) is 17.3. The molecule has 1 aromatic rings. The third-order valence-corrected chi connectivity index (χ3v) is 4.09. The van der Waals surface area contributed by atoms with Crippen molar-refractivity contribution in [1.82, 2.24) is 5.32 Å². The van der Waals surface area contributed by atoms with E-state index >= 15 is 0 Å². The van der Waals surface area contributed by atoms with Crippen molar-refractivity contribution in [1.29, 1.82) is 0 Å². The second-order valence-corrected chi connectivity index (χ2v) is 5.53. The van der Waals surface area contributed by atoms with Crippen molar-refractivity contribution < 1.29 is 19.6 Å². The Morgan fingerprint density at radius 2 is 2.33 bits per heavy atom. The van der Waals surface area contributed by atoms with E-state index < -0.39 is 11.0 Å². The molecule has 8 nitrogen and oxygen atoms in total. The number of anilines is 1. The smallest absolute Gasteiger partial charge is 0.304 e. The molecule has 0 radical (unpaired) electrons. The maximum absolute atomic E-state index is 11.7. The molecule has 0 aliphatic rings. The standard InChI is InChI=1S/C12H19N3O5S/c1-8(16)10-6-9(15(18)19)12(21-10)14(2)7-11(17)13-4-5-20-3/h6,8,16H,4-5,7H2,1-3H3,(H,13,17)/t8-/m0/s1. The molecule has 0 unspecified atom stereocenters. The van der Waals surface area contributed by atoms with Crippen molar-refractivity contribution in [2.75, 3.05) is 38.8 Å². The number of likely N-dealkylation sites (N-methyl/N-ethyl adjacent to an activating group) is 1. The van der Waals surface area contributed by atoms with Gasteiger partial charge in [0.05, 0.1) is 24.2 Å². The molecule has 1 heterocycles. The van der Waals surface area contributed by atoms with E-state index in [1.807, 2.05) is 0 Å². The number of ether oxygens (including phenoxy) is 1. The van der Waals surface area contributed by atoms with Gasteiger partial charge in [0.15, 0.2) is 5.00 Å². The quantitative estimate of drug-likeness (QED) is 0.419. The van der Waals surface area contributed by atoms with Crippen LogP contribution in [0.1, 0.15) is 17.9 Å². The van der Waals surface area contributed by atoms with Crippen molar-refractivity contribution in [2.24, 2.45) is 0 Å². The molecule has 0 aliphatic carbocycles. The van der Waals surface area contributed by atoms with Crippen LogP contribution < -0.4 is 10.2 Å². The SMILES string of the molecule is COCCNC(=O)CN(C)c1sc([C@H](C)O)cc1[N+](=O)[O-]. The Hall–Kier alpha value is -1.71. The maximum Gasteiger partial charge on any atom is 0.304 e. The van der Waals surface area contributed by atoms with Crippen LogP contribution in [0, 0.1) is 10.1 Å². The summed E-state index contributed by atoms with van der Waals surface area (Å²) in [4.78, 5) is 24.2. The molecule has 0 spiro atoms. The molecule has 1 rings (SSSR count). The fraction of sp³-hybridized carbons (Fsp3) is 0.583. The summed E-state index contributed by atoms with van der Waals surface area (Å²) in [5.41, 5.74) is -0.108. The molecule has 0 fully saturated rings. The number of nitrogens with zero attached hydrogens (tertiary/aromatic N) is 2. The van der Waals surface area contributed by atoms with Crippen LogP contribution in [0.4, 0.5) is 10.7 Å². The molecule has 0 aliphatic heterocycles. The van der Waals surface area contributed by atoms with Crippen LogP contribution in [0.5, 0.6) is 0 Å². The second-order valence-electron chi connectivity index (χ2n) is 4.47. The van der Waals surface area contributed by atoms with Crippen LogP contribution in [0.2, 0.25) is 0 Å². The van der Waals surface area contributed by atoms with Crippen LogP contribution in [-0.2, 0) is 9.53 Å². The summed E-state index contributed by atoms with van der Waals surface area (Å²) in [6, 6.07) is 1.34. The lowest BCUT2D eigenvalue weighted by Gasteiger charge is -2.16. The van der Waals surface area contributed by atoms with Gasteiger partial charge in [-0.05, 0) is 6.92 Å². The van der Waals surface area contributed by atoms with E-state index in [0.29, 0.717) is 23.0 Å². The minimum absolute atomic E-state index is 0.00961. The Bertz CT molecular complexity index is 503. The lowest BCUT2D eigenvalue weighted by molar-refractivity contribution is -0.383. The van der Waals surface area contributed by atoms with Crippen LogP contribution in [0.15, 0.2) is 6.07 Å². The molecule has 0 aromatic carbocycles. The van der Waals surface area contributed by atoms with E-state index in [2.05, 4.69) is 5.32 Å². The molecule has 21 heavy (non-hydrogen) atoms. The van der Waals surface area contributed by atoms with E-state index in [4.69, 9.17) is 4.74 Å². The fourth-order valence-corrected chi connectivity index (χ4v) is 2.66. The number of carbonyl (C=O) groups is 1. The van der Waals surface area contributed by atoms with Gasteiger partial charge in [0.2, 0.25) is 5.91 Å². The van der Waals surface area contributed by atoms with Crippen LogP contribution in [0.3, 0.4) is 0 Å². The highest BCUT2D eigenvalue weighted by Crippen LogP contribution is 2.39. The predicted molar refractivity (Wildman–Crippen MR) is 79.8 cm³/mol. The lowest BCUT2D eigenvalue weighted by atomic mass is 10.3. The van der Waals surface area contributed by atoms with E-state index in [1.54, 1.807) is 7.05 Å². The maximum atomic E-state index is 11.7. The van der Waals surface area contributed by atoms with Gasteiger partial charge in [-0.3, -0.25) is 14.9 Å². The minimum Gasteiger partial charge on any atom is -0.388 e. The van der Waals surface area contributed by atoms with E-state index in [1.165, 1.54) is 25.0 Å². The molecular weight excluding hydrogens is 298 g/mol. The number of thiophene rings is 1. The highest BCUT2D eigenvalue weighted by molar-refractivity contribution is 7.16. The Morgan fingerprint density at radius 3 is 2.86 bits per heavy atom. The summed E-state index contributed by atoms with van der Waals surface area (Å²) in [6.45, 7) is 2.32. The summed E-state index contributed by atoms with van der Waals surface area (Å²) in [5, 5.41) is 23.6. The summed E-state index contributed by atoms with van der Waals surface area (Å²) >= 11 is 1.10. The third kappa shape index (κ3) is 4.96. The normalized spacial score (nSPS) is 12.0.